The summed E-state index contributed by atoms with van der Waals surface area (Å²) >= 11 is 7.65. The summed E-state index contributed by atoms with van der Waals surface area (Å²) in [4.78, 5) is 19.2. The second-order valence-corrected chi connectivity index (χ2v) is 10.3. The number of thiophene rings is 1. The number of piperidine rings is 1. The molecule has 1 spiro atoms. The van der Waals surface area contributed by atoms with Gasteiger partial charge in [0, 0.05) is 18.0 Å². The zero-order chi connectivity index (χ0) is 20.5. The summed E-state index contributed by atoms with van der Waals surface area (Å²) in [5.41, 5.74) is 2.36. The first-order valence-electron chi connectivity index (χ1n) is 9.12. The fourth-order valence-corrected chi connectivity index (χ4v) is 5.99. The molecule has 0 radical (unpaired) electrons. The number of amides is 1. The molecule has 29 heavy (non-hydrogen) atoms. The molecule has 0 bridgehead atoms. The lowest BCUT2D eigenvalue weighted by atomic mass is 9.92. The van der Waals surface area contributed by atoms with Crippen LogP contribution in [0.15, 0.2) is 58.4 Å². The Morgan fingerprint density at radius 1 is 1.24 bits per heavy atom. The van der Waals surface area contributed by atoms with Crippen LogP contribution in [0.2, 0.25) is 5.02 Å². The van der Waals surface area contributed by atoms with E-state index in [9.17, 15) is 13.2 Å². The van der Waals surface area contributed by atoms with E-state index in [2.05, 4.69) is 10.8 Å². The number of carbonyl (C=O) groups is 1. The molecule has 0 unspecified atom stereocenters. The van der Waals surface area contributed by atoms with Gasteiger partial charge in [-0.25, -0.2) is 8.42 Å². The summed E-state index contributed by atoms with van der Waals surface area (Å²) in [6.07, 6.45) is 2.63. The fraction of sp³-hybridized carbons (Fsp3) is 0.316. The third-order valence-corrected chi connectivity index (χ3v) is 8.32. The lowest BCUT2D eigenvalue weighted by Crippen LogP contribution is -2.46. The lowest BCUT2D eigenvalue weighted by molar-refractivity contribution is -0.120. The first kappa shape index (κ1) is 20.4. The average molecular weight is 454 g/mol. The van der Waals surface area contributed by atoms with Crippen LogP contribution in [0.3, 0.4) is 0 Å². The molecule has 1 amide bonds. The second-order valence-electron chi connectivity index (χ2n) is 6.92. The Morgan fingerprint density at radius 3 is 2.69 bits per heavy atom. The van der Waals surface area contributed by atoms with Crippen LogP contribution < -0.4 is 10.8 Å². The van der Waals surface area contributed by atoms with Gasteiger partial charge in [-0.3, -0.25) is 15.1 Å². The number of rotatable bonds is 5. The van der Waals surface area contributed by atoms with Gasteiger partial charge in [-0.1, -0.05) is 29.8 Å². The van der Waals surface area contributed by atoms with E-state index in [1.807, 2.05) is 17.5 Å². The van der Waals surface area contributed by atoms with E-state index in [4.69, 9.17) is 16.4 Å². The number of nitrogens with one attached hydrogen (secondary N) is 2. The van der Waals surface area contributed by atoms with Crippen molar-refractivity contribution in [3.05, 3.63) is 63.5 Å². The highest BCUT2D eigenvalue weighted by molar-refractivity contribution is 7.89. The molecule has 1 aromatic carbocycles. The van der Waals surface area contributed by atoms with Crippen LogP contribution in [0.25, 0.3) is 0 Å². The van der Waals surface area contributed by atoms with Crippen LogP contribution in [-0.4, -0.2) is 37.3 Å². The molecule has 2 aliphatic heterocycles. The minimum atomic E-state index is -3.68. The Bertz CT molecular complexity index is 1030. The zero-order valence-corrected chi connectivity index (χ0v) is 17.8. The highest BCUT2D eigenvalue weighted by Crippen LogP contribution is 2.35. The third kappa shape index (κ3) is 4.19. The molecule has 7 nitrogen and oxygen atoms in total. The summed E-state index contributed by atoms with van der Waals surface area (Å²) in [5.74, 6) is -0.249. The quantitative estimate of drug-likeness (QED) is 0.726. The number of hydrogen-bond acceptors (Lipinski definition) is 6. The van der Waals surface area contributed by atoms with E-state index in [-0.39, 0.29) is 28.9 Å². The van der Waals surface area contributed by atoms with Crippen molar-refractivity contribution in [1.82, 2.24) is 15.1 Å². The first-order chi connectivity index (χ1) is 13.9. The van der Waals surface area contributed by atoms with Gasteiger partial charge in [-0.15, -0.1) is 11.3 Å². The second kappa shape index (κ2) is 8.08. The SMILES string of the molecule is O=C(NCc1cccs1)C1=CC2(CCN(S(=O)(=O)c3ccccc3Cl)CC2)ON1. The molecule has 2 aromatic rings. The van der Waals surface area contributed by atoms with Gasteiger partial charge >= 0.3 is 0 Å². The number of halogens is 1. The van der Waals surface area contributed by atoms with E-state index in [1.165, 1.54) is 10.4 Å². The highest BCUT2D eigenvalue weighted by Gasteiger charge is 2.42. The van der Waals surface area contributed by atoms with E-state index in [1.54, 1.807) is 35.6 Å². The summed E-state index contributed by atoms with van der Waals surface area (Å²) in [6, 6.07) is 10.3. The lowest BCUT2D eigenvalue weighted by Gasteiger charge is -2.35. The van der Waals surface area contributed by atoms with Crippen LogP contribution in [0, 0.1) is 0 Å². The molecule has 10 heteroatoms. The van der Waals surface area contributed by atoms with Gasteiger partial charge in [0.05, 0.1) is 11.6 Å². The Labute approximate surface area is 178 Å². The molecule has 0 atom stereocenters. The summed E-state index contributed by atoms with van der Waals surface area (Å²) < 4.78 is 27.2. The summed E-state index contributed by atoms with van der Waals surface area (Å²) in [7, 11) is -3.68. The molecule has 3 heterocycles. The van der Waals surface area contributed by atoms with Gasteiger partial charge in [-0.05, 0) is 42.5 Å². The number of carbonyl (C=O) groups excluding carboxylic acids is 1. The van der Waals surface area contributed by atoms with E-state index < -0.39 is 15.6 Å². The third-order valence-electron chi connectivity index (χ3n) is 5.04. The van der Waals surface area contributed by atoms with Crippen molar-refractivity contribution in [3.8, 4) is 0 Å². The van der Waals surface area contributed by atoms with Crippen molar-refractivity contribution in [3.63, 3.8) is 0 Å². The topological polar surface area (TPSA) is 87.7 Å². The molecule has 4 rings (SSSR count). The molecule has 2 N–H and O–H groups in total. The average Bonchev–Trinajstić information content (AvgIpc) is 3.37. The van der Waals surface area contributed by atoms with Gasteiger partial charge in [-0.2, -0.15) is 4.31 Å². The number of hydrogen-bond donors (Lipinski definition) is 2. The molecule has 0 saturated carbocycles. The van der Waals surface area contributed by atoms with Gasteiger partial charge in [0.1, 0.15) is 16.2 Å². The fourth-order valence-electron chi connectivity index (χ4n) is 3.41. The van der Waals surface area contributed by atoms with E-state index in [0.29, 0.717) is 25.1 Å². The highest BCUT2D eigenvalue weighted by atomic mass is 35.5. The summed E-state index contributed by atoms with van der Waals surface area (Å²) in [6.45, 7) is 0.998. The van der Waals surface area contributed by atoms with Crippen molar-refractivity contribution in [1.29, 1.82) is 0 Å². The molecule has 2 aliphatic rings. The normalized spacial score (nSPS) is 19.0. The van der Waals surface area contributed by atoms with Crippen molar-refractivity contribution in [2.24, 2.45) is 0 Å². The zero-order valence-electron chi connectivity index (χ0n) is 15.4. The van der Waals surface area contributed by atoms with Gasteiger partial charge < -0.3 is 5.32 Å². The van der Waals surface area contributed by atoms with E-state index in [0.717, 1.165) is 4.88 Å². The molecule has 1 saturated heterocycles. The predicted molar refractivity (Wildman–Crippen MR) is 111 cm³/mol. The maximum atomic E-state index is 12.9. The number of nitrogens with zero attached hydrogens (tertiary/aromatic N) is 1. The Kier molecular flexibility index (Phi) is 5.67. The van der Waals surface area contributed by atoms with Crippen molar-refractivity contribution in [2.75, 3.05) is 13.1 Å². The van der Waals surface area contributed by atoms with Crippen molar-refractivity contribution >= 4 is 38.9 Å². The van der Waals surface area contributed by atoms with Gasteiger partial charge in [0.15, 0.2) is 0 Å². The maximum absolute atomic E-state index is 12.9. The molecular formula is C19H20ClN3O4S2. The minimum Gasteiger partial charge on any atom is -0.346 e. The Balaban J connectivity index is 1.40. The van der Waals surface area contributed by atoms with Crippen LogP contribution in [0.5, 0.6) is 0 Å². The van der Waals surface area contributed by atoms with Crippen LogP contribution in [0.1, 0.15) is 17.7 Å². The van der Waals surface area contributed by atoms with Crippen LogP contribution >= 0.6 is 22.9 Å². The number of hydroxylamine groups is 1. The molecule has 0 aliphatic carbocycles. The smallest absolute Gasteiger partial charge is 0.269 e. The standard InChI is InChI=1S/C19H20ClN3O4S2/c20-15-5-1-2-6-17(15)29(25,26)23-9-7-19(8-10-23)12-16(22-27-19)18(24)21-13-14-4-3-11-28-14/h1-6,11-12,22H,7-10,13H2,(H,21,24). The number of sulfonamides is 1. The Hall–Kier alpha value is -1.91. The minimum absolute atomic E-state index is 0.104. The van der Waals surface area contributed by atoms with Crippen molar-refractivity contribution in [2.45, 2.75) is 29.9 Å². The molecule has 1 aromatic heterocycles. The van der Waals surface area contributed by atoms with Crippen LogP contribution in [-0.2, 0) is 26.2 Å². The monoisotopic (exact) mass is 453 g/mol. The summed E-state index contributed by atoms with van der Waals surface area (Å²) in [5, 5.41) is 5.01. The number of benzene rings is 1. The molecule has 154 valence electrons. The molecular weight excluding hydrogens is 434 g/mol. The largest absolute Gasteiger partial charge is 0.346 e. The van der Waals surface area contributed by atoms with Crippen molar-refractivity contribution < 1.29 is 18.0 Å². The van der Waals surface area contributed by atoms with Gasteiger partial charge in [0.2, 0.25) is 10.0 Å². The van der Waals surface area contributed by atoms with Gasteiger partial charge in [0.25, 0.3) is 5.91 Å². The maximum Gasteiger partial charge on any atom is 0.269 e. The predicted octanol–water partition coefficient (Wildman–Crippen LogP) is 2.66. The first-order valence-corrected chi connectivity index (χ1v) is 11.8. The van der Waals surface area contributed by atoms with Crippen LogP contribution in [0.4, 0.5) is 0 Å². The molecule has 1 fully saturated rings. The van der Waals surface area contributed by atoms with E-state index >= 15 is 0 Å². The Morgan fingerprint density at radius 2 is 2.00 bits per heavy atom.